The highest BCUT2D eigenvalue weighted by Gasteiger charge is 2.11. The SMILES string of the molecule is Cn1cc(NC(=O)c2cccc(-n3cc(CC(=O)Nc4ccccc4Cl)cn3)c2)cn1. The van der Waals surface area contributed by atoms with Crippen LogP contribution in [0.3, 0.4) is 0 Å². The van der Waals surface area contributed by atoms with Crippen molar-refractivity contribution in [2.24, 2.45) is 7.05 Å². The van der Waals surface area contributed by atoms with Gasteiger partial charge in [0.25, 0.3) is 5.91 Å². The lowest BCUT2D eigenvalue weighted by Crippen LogP contribution is -2.14. The third-order valence-electron chi connectivity index (χ3n) is 4.48. The molecule has 0 atom stereocenters. The van der Waals surface area contributed by atoms with Crippen LogP contribution in [0.5, 0.6) is 0 Å². The Morgan fingerprint density at radius 1 is 1.00 bits per heavy atom. The Morgan fingerprint density at radius 2 is 1.84 bits per heavy atom. The van der Waals surface area contributed by atoms with Crippen molar-refractivity contribution >= 4 is 34.8 Å². The Labute approximate surface area is 183 Å². The fraction of sp³-hybridized carbons (Fsp3) is 0.0909. The van der Waals surface area contributed by atoms with Gasteiger partial charge in [-0.2, -0.15) is 10.2 Å². The minimum atomic E-state index is -0.249. The number of amides is 2. The van der Waals surface area contributed by atoms with Crippen LogP contribution in [-0.4, -0.2) is 31.4 Å². The molecule has 8 nitrogen and oxygen atoms in total. The number of hydrogen-bond acceptors (Lipinski definition) is 4. The zero-order chi connectivity index (χ0) is 21.8. The summed E-state index contributed by atoms with van der Waals surface area (Å²) in [5, 5.41) is 14.4. The number of para-hydroxylation sites is 1. The van der Waals surface area contributed by atoms with Gasteiger partial charge in [-0.25, -0.2) is 4.68 Å². The molecule has 9 heteroatoms. The first-order valence-electron chi connectivity index (χ1n) is 9.46. The van der Waals surface area contributed by atoms with Crippen molar-refractivity contribution in [3.63, 3.8) is 0 Å². The number of rotatable bonds is 6. The van der Waals surface area contributed by atoms with Gasteiger partial charge >= 0.3 is 0 Å². The standard InChI is InChI=1S/C22H19ClN6O2/c1-28-14-17(12-24-28)26-22(31)16-5-4-6-18(10-16)29-13-15(11-25-29)9-21(30)27-20-8-3-2-7-19(20)23/h2-8,10-14H,9H2,1H3,(H,26,31)(H,27,30). The average molecular weight is 435 g/mol. The Bertz CT molecular complexity index is 1250. The lowest BCUT2D eigenvalue weighted by Gasteiger charge is -2.06. The fourth-order valence-electron chi connectivity index (χ4n) is 3.01. The van der Waals surface area contributed by atoms with E-state index in [1.165, 1.54) is 0 Å². The normalized spacial score (nSPS) is 10.6. The Balaban J connectivity index is 1.44. The molecule has 0 aliphatic carbocycles. The van der Waals surface area contributed by atoms with Crippen LogP contribution in [0, 0.1) is 0 Å². The molecule has 0 unspecified atom stereocenters. The maximum atomic E-state index is 12.5. The molecule has 0 bridgehead atoms. The van der Waals surface area contributed by atoms with Crippen molar-refractivity contribution < 1.29 is 9.59 Å². The molecule has 0 aliphatic heterocycles. The van der Waals surface area contributed by atoms with Gasteiger partial charge in [0.2, 0.25) is 5.91 Å². The quantitative estimate of drug-likeness (QED) is 0.484. The first-order chi connectivity index (χ1) is 15.0. The predicted molar refractivity (Wildman–Crippen MR) is 119 cm³/mol. The van der Waals surface area contributed by atoms with Crippen molar-refractivity contribution in [3.8, 4) is 5.69 Å². The van der Waals surface area contributed by atoms with E-state index in [1.807, 2.05) is 6.07 Å². The summed E-state index contributed by atoms with van der Waals surface area (Å²) in [5.41, 5.74) is 3.10. The molecule has 4 rings (SSSR count). The molecule has 0 spiro atoms. The molecule has 0 saturated heterocycles. The molecule has 2 amide bonds. The number of hydrogen-bond donors (Lipinski definition) is 2. The number of halogens is 1. The lowest BCUT2D eigenvalue weighted by molar-refractivity contribution is -0.115. The largest absolute Gasteiger partial charge is 0.324 e. The zero-order valence-electron chi connectivity index (χ0n) is 16.6. The maximum Gasteiger partial charge on any atom is 0.255 e. The average Bonchev–Trinajstić information content (AvgIpc) is 3.38. The van der Waals surface area contributed by atoms with Gasteiger partial charge < -0.3 is 10.6 Å². The predicted octanol–water partition coefficient (Wildman–Crippen LogP) is 3.69. The van der Waals surface area contributed by atoms with E-state index in [9.17, 15) is 9.59 Å². The van der Waals surface area contributed by atoms with Gasteiger partial charge in [-0.1, -0.05) is 29.8 Å². The van der Waals surface area contributed by atoms with E-state index < -0.39 is 0 Å². The minimum absolute atomic E-state index is 0.145. The summed E-state index contributed by atoms with van der Waals surface area (Å²) < 4.78 is 3.23. The number of carbonyl (C=O) groups is 2. The van der Waals surface area contributed by atoms with E-state index in [4.69, 9.17) is 11.6 Å². The number of carbonyl (C=O) groups excluding carboxylic acids is 2. The molecule has 4 aromatic rings. The third-order valence-corrected chi connectivity index (χ3v) is 4.81. The van der Waals surface area contributed by atoms with E-state index in [0.29, 0.717) is 27.6 Å². The molecule has 0 fully saturated rings. The van der Waals surface area contributed by atoms with Crippen LogP contribution < -0.4 is 10.6 Å². The summed E-state index contributed by atoms with van der Waals surface area (Å²) in [6.45, 7) is 0. The Kier molecular flexibility index (Phi) is 5.81. The Hall–Kier alpha value is -3.91. The van der Waals surface area contributed by atoms with Crippen molar-refractivity contribution in [1.29, 1.82) is 0 Å². The number of aromatic nitrogens is 4. The summed E-state index contributed by atoms with van der Waals surface area (Å²) in [6.07, 6.45) is 6.82. The van der Waals surface area contributed by atoms with E-state index in [1.54, 1.807) is 83.7 Å². The van der Waals surface area contributed by atoms with Crippen LogP contribution in [0.15, 0.2) is 73.3 Å². The highest BCUT2D eigenvalue weighted by molar-refractivity contribution is 6.33. The van der Waals surface area contributed by atoms with Crippen LogP contribution in [0.1, 0.15) is 15.9 Å². The molecule has 2 N–H and O–H groups in total. The smallest absolute Gasteiger partial charge is 0.255 e. The van der Waals surface area contributed by atoms with Gasteiger partial charge in [0, 0.05) is 25.0 Å². The molecule has 2 aromatic heterocycles. The van der Waals surface area contributed by atoms with Gasteiger partial charge in [0.15, 0.2) is 0 Å². The third kappa shape index (κ3) is 4.99. The molecule has 0 radical (unpaired) electrons. The number of nitrogens with zero attached hydrogens (tertiary/aromatic N) is 4. The maximum absolute atomic E-state index is 12.5. The number of nitrogens with one attached hydrogen (secondary N) is 2. The van der Waals surface area contributed by atoms with Crippen LogP contribution in [0.2, 0.25) is 5.02 Å². The van der Waals surface area contributed by atoms with Gasteiger partial charge in [-0.3, -0.25) is 14.3 Å². The van der Waals surface area contributed by atoms with Gasteiger partial charge in [0.1, 0.15) is 0 Å². The second kappa shape index (κ2) is 8.85. The van der Waals surface area contributed by atoms with Crippen LogP contribution in [0.25, 0.3) is 5.69 Å². The highest BCUT2D eigenvalue weighted by atomic mass is 35.5. The molecule has 2 aromatic carbocycles. The summed E-state index contributed by atoms with van der Waals surface area (Å²) in [4.78, 5) is 24.8. The van der Waals surface area contributed by atoms with Crippen LogP contribution >= 0.6 is 11.6 Å². The van der Waals surface area contributed by atoms with Crippen LogP contribution in [-0.2, 0) is 18.3 Å². The number of aryl methyl sites for hydroxylation is 1. The lowest BCUT2D eigenvalue weighted by atomic mass is 10.2. The van der Waals surface area contributed by atoms with Crippen molar-refractivity contribution in [2.75, 3.05) is 10.6 Å². The van der Waals surface area contributed by atoms with E-state index >= 15 is 0 Å². The van der Waals surface area contributed by atoms with Crippen molar-refractivity contribution in [1.82, 2.24) is 19.6 Å². The van der Waals surface area contributed by atoms with Gasteiger partial charge in [-0.15, -0.1) is 0 Å². The number of benzene rings is 2. The van der Waals surface area contributed by atoms with Crippen LogP contribution in [0.4, 0.5) is 11.4 Å². The first kappa shape index (κ1) is 20.4. The summed E-state index contributed by atoms with van der Waals surface area (Å²) >= 11 is 6.08. The van der Waals surface area contributed by atoms with Crippen molar-refractivity contribution in [3.05, 3.63) is 89.5 Å². The minimum Gasteiger partial charge on any atom is -0.324 e. The van der Waals surface area contributed by atoms with E-state index in [0.717, 1.165) is 5.56 Å². The molecule has 0 saturated carbocycles. The fourth-order valence-corrected chi connectivity index (χ4v) is 3.20. The molecule has 2 heterocycles. The first-order valence-corrected chi connectivity index (χ1v) is 9.84. The zero-order valence-corrected chi connectivity index (χ0v) is 17.4. The molecular formula is C22H19ClN6O2. The second-order valence-electron chi connectivity index (χ2n) is 6.91. The van der Waals surface area contributed by atoms with E-state index in [2.05, 4.69) is 20.8 Å². The monoisotopic (exact) mass is 434 g/mol. The topological polar surface area (TPSA) is 93.8 Å². The molecule has 0 aliphatic rings. The van der Waals surface area contributed by atoms with E-state index in [-0.39, 0.29) is 18.2 Å². The molecular weight excluding hydrogens is 416 g/mol. The van der Waals surface area contributed by atoms with Gasteiger partial charge in [0.05, 0.1) is 40.9 Å². The molecule has 156 valence electrons. The molecule has 31 heavy (non-hydrogen) atoms. The summed E-state index contributed by atoms with van der Waals surface area (Å²) in [5.74, 6) is -0.446. The highest BCUT2D eigenvalue weighted by Crippen LogP contribution is 2.21. The summed E-state index contributed by atoms with van der Waals surface area (Å²) in [7, 11) is 1.78. The van der Waals surface area contributed by atoms with Crippen molar-refractivity contribution in [2.45, 2.75) is 6.42 Å². The number of anilines is 2. The summed E-state index contributed by atoms with van der Waals surface area (Å²) in [6, 6.07) is 14.1. The Morgan fingerprint density at radius 3 is 2.61 bits per heavy atom. The van der Waals surface area contributed by atoms with Gasteiger partial charge in [-0.05, 0) is 35.9 Å². The second-order valence-corrected chi connectivity index (χ2v) is 7.31.